The lowest BCUT2D eigenvalue weighted by atomic mass is 10.2. The number of rotatable bonds is 5. The first-order valence-electron chi connectivity index (χ1n) is 6.62. The molecule has 2 aromatic rings. The molecule has 21 heavy (non-hydrogen) atoms. The van der Waals surface area contributed by atoms with Gasteiger partial charge in [-0.05, 0) is 25.1 Å². The molecular weight excluding hydrogens is 377 g/mol. The molecule has 2 rings (SSSR count). The van der Waals surface area contributed by atoms with Crippen molar-refractivity contribution in [3.8, 4) is 5.75 Å². The molecule has 0 unspecified atom stereocenters. The van der Waals surface area contributed by atoms with Crippen LogP contribution < -0.4 is 15.8 Å². The van der Waals surface area contributed by atoms with Gasteiger partial charge in [0.25, 0.3) is 0 Å². The number of nitrogens with zero attached hydrogens (tertiary/aromatic N) is 1. The number of anilines is 1. The van der Waals surface area contributed by atoms with Gasteiger partial charge < -0.3 is 15.8 Å². The minimum atomic E-state index is 0. The molecule has 0 aliphatic heterocycles. The predicted molar refractivity (Wildman–Crippen MR) is 98.4 cm³/mol. The molecule has 2 aromatic carbocycles. The topological polar surface area (TPSA) is 59.6 Å². The molecule has 3 N–H and O–H groups in total. The highest BCUT2D eigenvalue weighted by atomic mass is 127. The Morgan fingerprint density at radius 3 is 2.48 bits per heavy atom. The first-order valence-corrected chi connectivity index (χ1v) is 6.62. The fourth-order valence-corrected chi connectivity index (χ4v) is 1.81. The number of nitrogens with one attached hydrogen (secondary N) is 1. The summed E-state index contributed by atoms with van der Waals surface area (Å²) in [6, 6.07) is 17.6. The lowest BCUT2D eigenvalue weighted by Crippen LogP contribution is -2.22. The van der Waals surface area contributed by atoms with E-state index in [2.05, 4.69) is 10.3 Å². The number of benzene rings is 2. The van der Waals surface area contributed by atoms with Gasteiger partial charge in [-0.15, -0.1) is 24.0 Å². The zero-order valence-corrected chi connectivity index (χ0v) is 14.3. The third-order valence-corrected chi connectivity index (χ3v) is 2.74. The molecular formula is C16H20IN3O. The predicted octanol–water partition coefficient (Wildman–Crippen LogP) is 3.63. The highest BCUT2D eigenvalue weighted by Crippen LogP contribution is 2.18. The van der Waals surface area contributed by atoms with Crippen LogP contribution in [-0.4, -0.2) is 12.6 Å². The normalized spacial score (nSPS) is 10.6. The Labute approximate surface area is 142 Å². The Hall–Kier alpha value is -1.76. The maximum absolute atomic E-state index is 5.88. The molecule has 5 heteroatoms. The summed E-state index contributed by atoms with van der Waals surface area (Å²) < 4.78 is 5.56. The average Bonchev–Trinajstić information content (AvgIpc) is 2.48. The molecule has 0 heterocycles. The van der Waals surface area contributed by atoms with E-state index in [0.717, 1.165) is 17.0 Å². The molecule has 4 nitrogen and oxygen atoms in total. The molecule has 0 bridgehead atoms. The molecule has 0 aromatic heterocycles. The number of hydrogen-bond acceptors (Lipinski definition) is 2. The zero-order chi connectivity index (χ0) is 14.2. The van der Waals surface area contributed by atoms with E-state index in [-0.39, 0.29) is 24.0 Å². The fraction of sp³-hybridized carbons (Fsp3) is 0.188. The number of nitrogens with two attached hydrogens (primary N) is 1. The van der Waals surface area contributed by atoms with Crippen molar-refractivity contribution in [1.82, 2.24) is 0 Å². The first kappa shape index (κ1) is 17.3. The molecule has 0 atom stereocenters. The number of halogens is 1. The van der Waals surface area contributed by atoms with Gasteiger partial charge in [0.1, 0.15) is 5.75 Å². The molecule has 0 radical (unpaired) electrons. The summed E-state index contributed by atoms with van der Waals surface area (Å²) in [5.41, 5.74) is 7.82. The van der Waals surface area contributed by atoms with Crippen molar-refractivity contribution >= 4 is 35.6 Å². The Morgan fingerprint density at radius 2 is 1.76 bits per heavy atom. The molecule has 0 spiro atoms. The van der Waals surface area contributed by atoms with Crippen LogP contribution >= 0.6 is 24.0 Å². The fourth-order valence-electron chi connectivity index (χ4n) is 1.81. The van der Waals surface area contributed by atoms with E-state index in [1.165, 1.54) is 0 Å². The molecule has 0 saturated carbocycles. The quantitative estimate of drug-likeness (QED) is 0.460. The molecule has 0 fully saturated rings. The second kappa shape index (κ2) is 9.23. The minimum Gasteiger partial charge on any atom is -0.494 e. The van der Waals surface area contributed by atoms with Crippen molar-refractivity contribution in [3.05, 3.63) is 60.2 Å². The van der Waals surface area contributed by atoms with Crippen molar-refractivity contribution < 1.29 is 4.74 Å². The third kappa shape index (κ3) is 5.63. The Balaban J connectivity index is 0.00000220. The lowest BCUT2D eigenvalue weighted by molar-refractivity contribution is 0.336. The second-order valence-corrected chi connectivity index (χ2v) is 4.23. The van der Waals surface area contributed by atoms with E-state index >= 15 is 0 Å². The van der Waals surface area contributed by atoms with Crippen molar-refractivity contribution in [3.63, 3.8) is 0 Å². The first-order chi connectivity index (χ1) is 9.79. The van der Waals surface area contributed by atoms with Crippen molar-refractivity contribution in [1.29, 1.82) is 0 Å². The van der Waals surface area contributed by atoms with E-state index < -0.39 is 0 Å². The van der Waals surface area contributed by atoms with Crippen LogP contribution in [0.15, 0.2) is 59.6 Å². The number of para-hydroxylation sites is 2. The van der Waals surface area contributed by atoms with Gasteiger partial charge in [-0.3, -0.25) is 0 Å². The number of guanidine groups is 1. The van der Waals surface area contributed by atoms with E-state index in [1.54, 1.807) is 0 Å². The summed E-state index contributed by atoms with van der Waals surface area (Å²) in [4.78, 5) is 4.34. The monoisotopic (exact) mass is 397 g/mol. The van der Waals surface area contributed by atoms with Gasteiger partial charge in [-0.1, -0.05) is 36.4 Å². The van der Waals surface area contributed by atoms with Crippen molar-refractivity contribution in [2.45, 2.75) is 13.5 Å². The lowest BCUT2D eigenvalue weighted by Gasteiger charge is -2.09. The van der Waals surface area contributed by atoms with Crippen molar-refractivity contribution in [2.75, 3.05) is 11.9 Å². The number of aliphatic imine (C=N–C) groups is 1. The van der Waals surface area contributed by atoms with E-state index in [4.69, 9.17) is 10.5 Å². The van der Waals surface area contributed by atoms with Crippen molar-refractivity contribution in [2.24, 2.45) is 10.7 Å². The minimum absolute atomic E-state index is 0. The zero-order valence-electron chi connectivity index (χ0n) is 12.0. The summed E-state index contributed by atoms with van der Waals surface area (Å²) in [6.45, 7) is 3.09. The van der Waals surface area contributed by atoms with Gasteiger partial charge in [0.05, 0.1) is 13.2 Å². The summed E-state index contributed by atoms with van der Waals surface area (Å²) in [6.07, 6.45) is 0. The molecule has 0 amide bonds. The van der Waals surface area contributed by atoms with Crippen LogP contribution in [0.5, 0.6) is 5.75 Å². The summed E-state index contributed by atoms with van der Waals surface area (Å²) in [5, 5.41) is 3.05. The third-order valence-electron chi connectivity index (χ3n) is 2.74. The highest BCUT2D eigenvalue weighted by Gasteiger charge is 2.01. The molecule has 0 saturated heterocycles. The van der Waals surface area contributed by atoms with Gasteiger partial charge in [0.2, 0.25) is 0 Å². The van der Waals surface area contributed by atoms with E-state index in [1.807, 2.05) is 61.5 Å². The van der Waals surface area contributed by atoms with Gasteiger partial charge in [-0.2, -0.15) is 0 Å². The summed E-state index contributed by atoms with van der Waals surface area (Å²) >= 11 is 0. The molecule has 0 aliphatic rings. The van der Waals surface area contributed by atoms with Crippen LogP contribution in [0.4, 0.5) is 5.69 Å². The van der Waals surface area contributed by atoms with Gasteiger partial charge in [0, 0.05) is 11.3 Å². The molecule has 0 aliphatic carbocycles. The smallest absolute Gasteiger partial charge is 0.193 e. The SMILES string of the molecule is CCOc1ccccc1CN=C(N)Nc1ccccc1.I. The number of ether oxygens (including phenoxy) is 1. The standard InChI is InChI=1S/C16H19N3O.HI/c1-2-20-15-11-7-6-8-13(15)12-18-16(17)19-14-9-4-3-5-10-14;/h3-11H,2,12H2,1H3,(H3,17,18,19);1H. The van der Waals surface area contributed by atoms with Crippen LogP contribution in [0.25, 0.3) is 0 Å². The van der Waals surface area contributed by atoms with Crippen LogP contribution in [0.3, 0.4) is 0 Å². The Kier molecular flexibility index (Phi) is 7.60. The van der Waals surface area contributed by atoms with E-state index in [9.17, 15) is 0 Å². The summed E-state index contributed by atoms with van der Waals surface area (Å²) in [7, 11) is 0. The van der Waals surface area contributed by atoms with E-state index in [0.29, 0.717) is 19.1 Å². The van der Waals surface area contributed by atoms with Gasteiger partial charge >= 0.3 is 0 Å². The maximum atomic E-state index is 5.88. The number of hydrogen-bond donors (Lipinski definition) is 2. The highest BCUT2D eigenvalue weighted by molar-refractivity contribution is 14.0. The van der Waals surface area contributed by atoms with Crippen LogP contribution in [0, 0.1) is 0 Å². The van der Waals surface area contributed by atoms with Crippen LogP contribution in [0.2, 0.25) is 0 Å². The second-order valence-electron chi connectivity index (χ2n) is 4.23. The van der Waals surface area contributed by atoms with Crippen LogP contribution in [0.1, 0.15) is 12.5 Å². The maximum Gasteiger partial charge on any atom is 0.193 e. The average molecular weight is 397 g/mol. The largest absolute Gasteiger partial charge is 0.494 e. The van der Waals surface area contributed by atoms with Crippen LogP contribution in [-0.2, 0) is 6.54 Å². The molecule has 112 valence electrons. The Morgan fingerprint density at radius 1 is 1.10 bits per heavy atom. The van der Waals surface area contributed by atoms with Gasteiger partial charge in [-0.25, -0.2) is 4.99 Å². The summed E-state index contributed by atoms with van der Waals surface area (Å²) in [5.74, 6) is 1.24. The van der Waals surface area contributed by atoms with Gasteiger partial charge in [0.15, 0.2) is 5.96 Å². The Bertz CT molecular complexity index is 573.